The Morgan fingerprint density at radius 2 is 1.94 bits per heavy atom. The third-order valence-corrected chi connectivity index (χ3v) is 5.75. The molecule has 0 amide bonds. The number of alkyl halides is 3. The minimum absolute atomic E-state index is 0.0563. The molecule has 2 aromatic heterocycles. The molecule has 2 heterocycles. The molecule has 4 aromatic rings. The molecule has 7 nitrogen and oxygen atoms in total. The summed E-state index contributed by atoms with van der Waals surface area (Å²) in [4.78, 5) is 12.1. The van der Waals surface area contributed by atoms with Crippen LogP contribution in [0.2, 0.25) is 0 Å². The molecule has 0 saturated heterocycles. The van der Waals surface area contributed by atoms with E-state index in [-0.39, 0.29) is 23.9 Å². The number of hydrogen-bond acceptors (Lipinski definition) is 5. The lowest BCUT2D eigenvalue weighted by Crippen LogP contribution is -2.13. The molecule has 1 aliphatic rings. The van der Waals surface area contributed by atoms with E-state index in [0.29, 0.717) is 46.5 Å². The highest BCUT2D eigenvalue weighted by Gasteiger charge is 2.35. The summed E-state index contributed by atoms with van der Waals surface area (Å²) in [6.45, 7) is 0.0563. The van der Waals surface area contributed by atoms with Crippen molar-refractivity contribution in [2.45, 2.75) is 31.7 Å². The summed E-state index contributed by atoms with van der Waals surface area (Å²) >= 11 is 0. The molecule has 1 saturated carbocycles. The third-order valence-electron chi connectivity index (χ3n) is 5.75. The van der Waals surface area contributed by atoms with Crippen LogP contribution in [0.4, 0.5) is 17.6 Å². The molecule has 0 aliphatic heterocycles. The average Bonchev–Trinajstić information content (AvgIpc) is 3.54. The van der Waals surface area contributed by atoms with Gasteiger partial charge in [0.2, 0.25) is 0 Å². The van der Waals surface area contributed by atoms with E-state index in [1.165, 1.54) is 17.9 Å². The van der Waals surface area contributed by atoms with Crippen LogP contribution in [0.3, 0.4) is 0 Å². The predicted octanol–water partition coefficient (Wildman–Crippen LogP) is 4.15. The Balaban J connectivity index is 1.73. The van der Waals surface area contributed by atoms with Crippen molar-refractivity contribution in [3.63, 3.8) is 0 Å². The first-order valence-electron chi connectivity index (χ1n) is 10.5. The second-order valence-corrected chi connectivity index (χ2v) is 8.15. The van der Waals surface area contributed by atoms with E-state index in [4.69, 9.17) is 10.5 Å². The van der Waals surface area contributed by atoms with E-state index in [1.807, 2.05) is 0 Å². The van der Waals surface area contributed by atoms with E-state index in [1.54, 1.807) is 18.2 Å². The van der Waals surface area contributed by atoms with Gasteiger partial charge in [0.25, 0.3) is 5.56 Å². The Hall–Kier alpha value is -3.73. The van der Waals surface area contributed by atoms with Crippen molar-refractivity contribution in [3.8, 4) is 28.1 Å². The number of H-pyrrole nitrogens is 1. The zero-order chi connectivity index (χ0) is 24.2. The Kier molecular flexibility index (Phi) is 5.16. The second-order valence-electron chi connectivity index (χ2n) is 8.15. The number of aryl methyl sites for hydroxylation is 1. The number of nitrogens with one attached hydrogen (secondary N) is 1. The van der Waals surface area contributed by atoms with Gasteiger partial charge in [-0.05, 0) is 42.7 Å². The minimum Gasteiger partial charge on any atom is -0.487 e. The molecular formula is C23H19F4N5O2. The van der Waals surface area contributed by atoms with Gasteiger partial charge in [-0.25, -0.2) is 9.49 Å². The zero-order valence-electron chi connectivity index (χ0n) is 17.9. The van der Waals surface area contributed by atoms with E-state index < -0.39 is 28.9 Å². The molecule has 5 rings (SSSR count). The van der Waals surface area contributed by atoms with E-state index in [9.17, 15) is 18.0 Å². The van der Waals surface area contributed by atoms with E-state index in [2.05, 4.69) is 15.3 Å². The lowest BCUT2D eigenvalue weighted by Gasteiger charge is -2.16. The summed E-state index contributed by atoms with van der Waals surface area (Å²) in [5.41, 5.74) is 5.49. The summed E-state index contributed by atoms with van der Waals surface area (Å²) in [7, 11) is 1.51. The lowest BCUT2D eigenvalue weighted by molar-refractivity contribution is -0.137. The molecule has 0 radical (unpaired) electrons. The molecule has 1 aliphatic carbocycles. The number of rotatable bonds is 5. The van der Waals surface area contributed by atoms with Crippen molar-refractivity contribution in [1.82, 2.24) is 20.0 Å². The maximum Gasteiger partial charge on any atom is 0.416 e. The topological polar surface area (TPSA) is 98.8 Å². The number of ether oxygens (including phenoxy) is 1. The fourth-order valence-corrected chi connectivity index (χ4v) is 3.90. The van der Waals surface area contributed by atoms with Gasteiger partial charge in [0.1, 0.15) is 0 Å². The fourth-order valence-electron chi connectivity index (χ4n) is 3.90. The number of nitrogens with zero attached hydrogens (tertiary/aromatic N) is 3. The highest BCUT2D eigenvalue weighted by molar-refractivity contribution is 5.91. The normalized spacial score (nSPS) is 14.1. The van der Waals surface area contributed by atoms with Gasteiger partial charge in [0.15, 0.2) is 11.6 Å². The molecule has 3 N–H and O–H groups in total. The van der Waals surface area contributed by atoms with E-state index in [0.717, 1.165) is 6.07 Å². The smallest absolute Gasteiger partial charge is 0.416 e. The quantitative estimate of drug-likeness (QED) is 0.425. The van der Waals surface area contributed by atoms with Crippen LogP contribution in [0.1, 0.15) is 24.1 Å². The van der Waals surface area contributed by atoms with Crippen LogP contribution in [-0.4, -0.2) is 26.1 Å². The number of hydrogen-bond donors (Lipinski definition) is 2. The van der Waals surface area contributed by atoms with Crippen LogP contribution in [0.5, 0.6) is 5.75 Å². The van der Waals surface area contributed by atoms with Gasteiger partial charge >= 0.3 is 6.18 Å². The average molecular weight is 473 g/mol. The highest BCUT2D eigenvalue weighted by atomic mass is 19.4. The Bertz CT molecular complexity index is 1470. The van der Waals surface area contributed by atoms with Crippen molar-refractivity contribution in [3.05, 3.63) is 64.0 Å². The molecule has 34 heavy (non-hydrogen) atoms. The predicted molar refractivity (Wildman–Crippen MR) is 117 cm³/mol. The maximum atomic E-state index is 15.5. The van der Waals surface area contributed by atoms with Gasteiger partial charge in [-0.3, -0.25) is 9.48 Å². The lowest BCUT2D eigenvalue weighted by atomic mass is 9.97. The second kappa shape index (κ2) is 7.94. The monoisotopic (exact) mass is 473 g/mol. The van der Waals surface area contributed by atoms with Crippen molar-refractivity contribution in [2.24, 2.45) is 12.8 Å². The largest absolute Gasteiger partial charge is 0.487 e. The maximum absolute atomic E-state index is 15.5. The number of halogens is 4. The molecule has 0 atom stereocenters. The van der Waals surface area contributed by atoms with Crippen LogP contribution < -0.4 is 16.0 Å². The Morgan fingerprint density at radius 3 is 2.62 bits per heavy atom. The molecule has 0 spiro atoms. The molecular weight excluding hydrogens is 454 g/mol. The third kappa shape index (κ3) is 3.81. The first-order chi connectivity index (χ1) is 16.2. The number of nitrogens with two attached hydrogens (primary N) is 1. The minimum atomic E-state index is -4.70. The van der Waals surface area contributed by atoms with Gasteiger partial charge in [-0.15, -0.1) is 0 Å². The highest BCUT2D eigenvalue weighted by Crippen LogP contribution is 2.42. The summed E-state index contributed by atoms with van der Waals surface area (Å²) in [5, 5.41) is 11.3. The van der Waals surface area contributed by atoms with Crippen LogP contribution in [0.25, 0.3) is 33.2 Å². The molecule has 176 valence electrons. The molecule has 2 aromatic carbocycles. The number of benzene rings is 2. The molecule has 11 heteroatoms. The SMILES string of the molecule is Cn1ncc(-c2ccc3c(=O)[nH]nc(CN)c3c2)c1-c1cc(C(F)(F)F)cc(OC2CC2)c1F. The summed E-state index contributed by atoms with van der Waals surface area (Å²) in [6.07, 6.45) is -2.24. The number of aromatic amines is 1. The summed E-state index contributed by atoms with van der Waals surface area (Å²) < 4.78 is 63.2. The number of aromatic nitrogens is 4. The van der Waals surface area contributed by atoms with Crippen molar-refractivity contribution in [2.75, 3.05) is 0 Å². The van der Waals surface area contributed by atoms with E-state index >= 15 is 4.39 Å². The van der Waals surface area contributed by atoms with Crippen molar-refractivity contribution >= 4 is 10.8 Å². The molecule has 0 unspecified atom stereocenters. The Labute approximate surface area is 190 Å². The fraction of sp³-hybridized carbons (Fsp3) is 0.261. The van der Waals surface area contributed by atoms with Gasteiger partial charge in [0.05, 0.1) is 34.6 Å². The van der Waals surface area contributed by atoms with Gasteiger partial charge in [-0.2, -0.15) is 23.4 Å². The molecule has 1 fully saturated rings. The Morgan fingerprint density at radius 1 is 1.18 bits per heavy atom. The van der Waals surface area contributed by atoms with Gasteiger partial charge in [-0.1, -0.05) is 6.07 Å². The van der Waals surface area contributed by atoms with Crippen LogP contribution in [0, 0.1) is 5.82 Å². The van der Waals surface area contributed by atoms with Crippen LogP contribution >= 0.6 is 0 Å². The van der Waals surface area contributed by atoms with Crippen molar-refractivity contribution in [1.29, 1.82) is 0 Å². The first-order valence-corrected chi connectivity index (χ1v) is 10.5. The summed E-state index contributed by atoms with van der Waals surface area (Å²) in [5.74, 6) is -1.34. The first kappa shape index (κ1) is 22.1. The standard InChI is InChI=1S/C23H19F4N5O2/c1-32-21(16-7-12(23(25,26)27)8-19(20(16)24)34-13-3-4-13)17(10-29-32)11-2-5-14-15(6-11)18(9-28)30-31-22(14)33/h2,5-8,10,13H,3-4,9,28H2,1H3,(H,31,33). The van der Waals surface area contributed by atoms with Crippen LogP contribution in [-0.2, 0) is 19.8 Å². The number of fused-ring (bicyclic) bond motifs is 1. The van der Waals surface area contributed by atoms with Crippen LogP contribution in [0.15, 0.2) is 41.3 Å². The van der Waals surface area contributed by atoms with Crippen molar-refractivity contribution < 1.29 is 22.3 Å². The summed E-state index contributed by atoms with van der Waals surface area (Å²) in [6, 6.07) is 6.27. The zero-order valence-corrected chi connectivity index (χ0v) is 17.9. The van der Waals surface area contributed by atoms with Gasteiger partial charge in [0, 0.05) is 30.1 Å². The molecule has 0 bridgehead atoms. The van der Waals surface area contributed by atoms with Gasteiger partial charge < -0.3 is 10.5 Å².